The Bertz CT molecular complexity index is 1550. The molecule has 0 rings (SSSR count). The molecule has 0 aliphatic carbocycles. The van der Waals surface area contributed by atoms with Gasteiger partial charge in [-0.2, -0.15) is 0 Å². The summed E-state index contributed by atoms with van der Waals surface area (Å²) < 4.78 is 23.3. The van der Waals surface area contributed by atoms with Crippen molar-refractivity contribution in [2.75, 3.05) is 40.9 Å². The van der Waals surface area contributed by atoms with Gasteiger partial charge in [0.25, 0.3) is 7.82 Å². The first kappa shape index (κ1) is 70.2. The molecule has 0 saturated carbocycles. The van der Waals surface area contributed by atoms with Gasteiger partial charge in [-0.3, -0.25) is 9.36 Å². The summed E-state index contributed by atoms with van der Waals surface area (Å²) in [5.74, 6) is -0.267. The zero-order chi connectivity index (χ0) is 53.5. The molecule has 9 heteroatoms. The fraction of sp³-hybridized carbons (Fsp3) is 0.703. The Hall–Kier alpha value is -2.84. The van der Waals surface area contributed by atoms with Crippen molar-refractivity contribution >= 4 is 13.7 Å². The van der Waals surface area contributed by atoms with Gasteiger partial charge in [0, 0.05) is 6.42 Å². The SMILES string of the molecule is CC/C=C\C/C=C\C/C=C\C/C=C\C/C=C\C/C=C\C/C=C\CCCC(=O)NC(COP(=O)([O-])OCC[N+](C)(C)C)C(O)/C=C/CC/C=C/CCCCCCCCCCCCCCCCCCCCCCCC. The lowest BCUT2D eigenvalue weighted by molar-refractivity contribution is -0.870. The number of hydrogen-bond acceptors (Lipinski definition) is 6. The lowest BCUT2D eigenvalue weighted by atomic mass is 10.0. The van der Waals surface area contributed by atoms with Crippen LogP contribution in [0.1, 0.15) is 239 Å². The van der Waals surface area contributed by atoms with E-state index in [1.807, 2.05) is 27.2 Å². The highest BCUT2D eigenvalue weighted by atomic mass is 31.2. The summed E-state index contributed by atoms with van der Waals surface area (Å²) in [6, 6.07) is -0.943. The van der Waals surface area contributed by atoms with Crippen molar-refractivity contribution in [3.05, 3.63) is 109 Å². The Balaban J connectivity index is 4.35. The fourth-order valence-electron chi connectivity index (χ4n) is 8.10. The van der Waals surface area contributed by atoms with Gasteiger partial charge in [0.2, 0.25) is 5.91 Å². The largest absolute Gasteiger partial charge is 0.756 e. The van der Waals surface area contributed by atoms with Crippen molar-refractivity contribution in [1.82, 2.24) is 5.32 Å². The standard InChI is InChI=1S/C64H113N2O6P/c1-6-8-10-12-14-16-18-20-22-24-26-28-30-31-32-33-34-36-37-39-41-43-45-47-49-51-53-55-57-63(67)62(61-72-73(69,70)71-60-59-66(3,4)5)65-64(68)58-56-54-52-50-48-46-44-42-40-38-35-29-27-25-23-21-19-17-15-13-11-9-7-2/h9,11,15,17,21,23,27,29,38,40,44,46-47,49-50,52,55,57,62-63,67H,6-8,10,12-14,16,18-20,22,24-26,28,30-37,39,41-43,45,48,51,53-54,56,58-61H2,1-5H3,(H-,65,68,69,70)/b11-9-,17-15-,23-21-,29-27-,40-38-,46-44-,49-47+,52-50-,57-55+. The summed E-state index contributed by atoms with van der Waals surface area (Å²) in [5.41, 5.74) is 0. The molecule has 0 aromatic rings. The summed E-state index contributed by atoms with van der Waals surface area (Å²) >= 11 is 0. The maximum absolute atomic E-state index is 12.9. The van der Waals surface area contributed by atoms with Gasteiger partial charge in [0.1, 0.15) is 13.2 Å². The first-order chi connectivity index (χ1) is 35.5. The highest BCUT2D eigenvalue weighted by Crippen LogP contribution is 2.38. The van der Waals surface area contributed by atoms with Crippen LogP contribution in [0.4, 0.5) is 0 Å². The second-order valence-electron chi connectivity index (χ2n) is 21.0. The molecule has 0 fully saturated rings. The van der Waals surface area contributed by atoms with E-state index in [4.69, 9.17) is 9.05 Å². The van der Waals surface area contributed by atoms with Gasteiger partial charge in [-0.05, 0) is 83.5 Å². The smallest absolute Gasteiger partial charge is 0.268 e. The Kier molecular flexibility index (Phi) is 51.9. The number of amides is 1. The molecule has 3 atom stereocenters. The first-order valence-corrected chi connectivity index (χ1v) is 31.2. The van der Waals surface area contributed by atoms with Crippen molar-refractivity contribution < 1.29 is 32.9 Å². The molecule has 0 aliphatic heterocycles. The number of aliphatic hydroxyl groups is 1. The van der Waals surface area contributed by atoms with E-state index in [2.05, 4.69) is 116 Å². The van der Waals surface area contributed by atoms with Crippen LogP contribution in [0.3, 0.4) is 0 Å². The van der Waals surface area contributed by atoms with Crippen LogP contribution in [0.2, 0.25) is 0 Å². The lowest BCUT2D eigenvalue weighted by Crippen LogP contribution is -2.45. The minimum absolute atomic E-state index is 0.0233. The number of likely N-dealkylation sites (N-methyl/N-ethyl adjacent to an activating group) is 1. The topological polar surface area (TPSA) is 108 Å². The van der Waals surface area contributed by atoms with E-state index in [9.17, 15) is 19.4 Å². The normalized spacial score (nSPS) is 14.7. The fourth-order valence-corrected chi connectivity index (χ4v) is 8.82. The molecule has 0 aromatic carbocycles. The molecule has 0 heterocycles. The molecule has 0 saturated heterocycles. The Morgan fingerprint density at radius 1 is 0.493 bits per heavy atom. The monoisotopic (exact) mass is 1040 g/mol. The summed E-state index contributed by atoms with van der Waals surface area (Å²) in [7, 11) is 1.19. The molecule has 1 amide bonds. The number of quaternary nitrogens is 1. The van der Waals surface area contributed by atoms with Crippen LogP contribution in [0, 0.1) is 0 Å². The molecule has 0 radical (unpaired) electrons. The van der Waals surface area contributed by atoms with E-state index in [-0.39, 0.29) is 18.9 Å². The Labute approximate surface area is 451 Å². The number of allylic oxidation sites excluding steroid dienone is 17. The van der Waals surface area contributed by atoms with Crippen LogP contribution in [-0.2, 0) is 18.4 Å². The number of unbranched alkanes of at least 4 members (excludes halogenated alkanes) is 24. The highest BCUT2D eigenvalue weighted by Gasteiger charge is 2.23. The third kappa shape index (κ3) is 56.7. The summed E-state index contributed by atoms with van der Waals surface area (Å²) in [6.07, 6.45) is 79.1. The van der Waals surface area contributed by atoms with Crippen molar-refractivity contribution in [2.24, 2.45) is 0 Å². The number of carbonyl (C=O) groups excluding carboxylic acids is 1. The molecule has 0 aliphatic rings. The number of aliphatic hydroxyl groups excluding tert-OH is 1. The minimum atomic E-state index is -4.63. The predicted octanol–water partition coefficient (Wildman–Crippen LogP) is 17.7. The van der Waals surface area contributed by atoms with Crippen molar-refractivity contribution in [1.29, 1.82) is 0 Å². The van der Waals surface area contributed by atoms with Crippen LogP contribution in [0.5, 0.6) is 0 Å². The van der Waals surface area contributed by atoms with E-state index < -0.39 is 26.6 Å². The highest BCUT2D eigenvalue weighted by molar-refractivity contribution is 7.45. The number of hydrogen-bond donors (Lipinski definition) is 2. The summed E-state index contributed by atoms with van der Waals surface area (Å²) in [6.45, 7) is 4.47. The third-order valence-electron chi connectivity index (χ3n) is 12.7. The van der Waals surface area contributed by atoms with E-state index in [1.165, 1.54) is 141 Å². The average molecular weight is 1040 g/mol. The predicted molar refractivity (Wildman–Crippen MR) is 316 cm³/mol. The number of phosphoric ester groups is 1. The Morgan fingerprint density at radius 3 is 1.27 bits per heavy atom. The molecular formula is C64H113N2O6P. The number of phosphoric acid groups is 1. The minimum Gasteiger partial charge on any atom is -0.756 e. The zero-order valence-electron chi connectivity index (χ0n) is 47.8. The number of nitrogens with one attached hydrogen (secondary N) is 1. The third-order valence-corrected chi connectivity index (χ3v) is 13.7. The van der Waals surface area contributed by atoms with Crippen molar-refractivity contribution in [3.63, 3.8) is 0 Å². The molecule has 3 unspecified atom stereocenters. The molecular weight excluding hydrogens is 924 g/mol. The molecule has 0 bridgehead atoms. The van der Waals surface area contributed by atoms with E-state index in [0.29, 0.717) is 17.4 Å². The van der Waals surface area contributed by atoms with Crippen LogP contribution in [-0.4, -0.2) is 68.5 Å². The molecule has 8 nitrogen and oxygen atoms in total. The zero-order valence-corrected chi connectivity index (χ0v) is 48.7. The number of carbonyl (C=O) groups is 1. The first-order valence-electron chi connectivity index (χ1n) is 29.7. The van der Waals surface area contributed by atoms with Gasteiger partial charge >= 0.3 is 0 Å². The van der Waals surface area contributed by atoms with E-state index in [0.717, 1.165) is 70.6 Å². The quantitative estimate of drug-likeness (QED) is 0.0272. The van der Waals surface area contributed by atoms with Gasteiger partial charge in [0.05, 0.1) is 39.9 Å². The van der Waals surface area contributed by atoms with Gasteiger partial charge in [-0.15, -0.1) is 0 Å². The van der Waals surface area contributed by atoms with Gasteiger partial charge in [-0.1, -0.05) is 258 Å². The van der Waals surface area contributed by atoms with Gasteiger partial charge in [-0.25, -0.2) is 0 Å². The molecule has 0 aromatic heterocycles. The van der Waals surface area contributed by atoms with E-state index in [1.54, 1.807) is 6.08 Å². The van der Waals surface area contributed by atoms with E-state index >= 15 is 0 Å². The van der Waals surface area contributed by atoms with Crippen molar-refractivity contribution in [2.45, 2.75) is 251 Å². The molecule has 2 N–H and O–H groups in total. The average Bonchev–Trinajstić information content (AvgIpc) is 3.35. The number of rotatable bonds is 53. The van der Waals surface area contributed by atoms with Gasteiger partial charge < -0.3 is 28.8 Å². The second kappa shape index (κ2) is 54.0. The van der Waals surface area contributed by atoms with Crippen LogP contribution < -0.4 is 10.2 Å². The van der Waals surface area contributed by atoms with Crippen LogP contribution in [0.25, 0.3) is 0 Å². The molecule has 0 spiro atoms. The maximum atomic E-state index is 12.9. The Morgan fingerprint density at radius 2 is 0.849 bits per heavy atom. The lowest BCUT2D eigenvalue weighted by Gasteiger charge is -2.29. The number of nitrogens with zero attached hydrogens (tertiary/aromatic N) is 1. The maximum Gasteiger partial charge on any atom is 0.268 e. The molecule has 73 heavy (non-hydrogen) atoms. The van der Waals surface area contributed by atoms with Crippen LogP contribution in [0.15, 0.2) is 109 Å². The molecule has 420 valence electrons. The van der Waals surface area contributed by atoms with Crippen LogP contribution >= 0.6 is 7.82 Å². The second-order valence-corrected chi connectivity index (χ2v) is 22.4. The van der Waals surface area contributed by atoms with Crippen molar-refractivity contribution in [3.8, 4) is 0 Å². The summed E-state index contributed by atoms with van der Waals surface area (Å²) in [5, 5.41) is 13.8. The summed E-state index contributed by atoms with van der Waals surface area (Å²) in [4.78, 5) is 25.5. The van der Waals surface area contributed by atoms with Gasteiger partial charge in [0.15, 0.2) is 0 Å².